The largest absolute Gasteiger partial charge is 0.275 e. The van der Waals surface area contributed by atoms with Crippen molar-refractivity contribution in [2.24, 2.45) is 5.92 Å². The van der Waals surface area contributed by atoms with E-state index in [2.05, 4.69) is 13.8 Å². The van der Waals surface area contributed by atoms with Crippen molar-refractivity contribution in [3.8, 4) is 0 Å². The molecule has 1 atom stereocenters. The maximum Gasteiger partial charge on any atom is 0.246 e. The second-order valence-electron chi connectivity index (χ2n) is 2.79. The lowest BCUT2D eigenvalue weighted by atomic mass is 10.1. The van der Waals surface area contributed by atoms with E-state index in [9.17, 15) is 4.79 Å². The molecule has 0 aliphatic heterocycles. The highest BCUT2D eigenvalue weighted by Gasteiger charge is 2.10. The summed E-state index contributed by atoms with van der Waals surface area (Å²) >= 11 is 0. The average molecular weight is 159 g/mol. The van der Waals surface area contributed by atoms with Crippen molar-refractivity contribution in [2.75, 3.05) is 14.2 Å². The van der Waals surface area contributed by atoms with Crippen LogP contribution in [0.25, 0.3) is 0 Å². The van der Waals surface area contributed by atoms with Gasteiger partial charge in [0.1, 0.15) is 0 Å². The maximum absolute atomic E-state index is 11.1. The number of carbonyl (C=O) groups excluding carboxylic acids is 1. The van der Waals surface area contributed by atoms with Gasteiger partial charge < -0.3 is 0 Å². The van der Waals surface area contributed by atoms with Crippen molar-refractivity contribution in [2.45, 2.75) is 26.7 Å². The Bertz CT molecular complexity index is 125. The van der Waals surface area contributed by atoms with Crippen molar-refractivity contribution in [1.82, 2.24) is 5.06 Å². The predicted octanol–water partition coefficient (Wildman–Crippen LogP) is 1.44. The molecule has 0 unspecified atom stereocenters. The first-order valence-corrected chi connectivity index (χ1v) is 3.92. The van der Waals surface area contributed by atoms with Crippen molar-refractivity contribution in [3.63, 3.8) is 0 Å². The zero-order valence-electron chi connectivity index (χ0n) is 7.76. The van der Waals surface area contributed by atoms with Gasteiger partial charge in [-0.1, -0.05) is 20.3 Å². The summed E-state index contributed by atoms with van der Waals surface area (Å²) in [6.07, 6.45) is 1.60. The Morgan fingerprint density at radius 1 is 1.64 bits per heavy atom. The third kappa shape index (κ3) is 3.98. The van der Waals surface area contributed by atoms with Crippen LogP contribution in [0.15, 0.2) is 0 Å². The molecule has 66 valence electrons. The zero-order chi connectivity index (χ0) is 8.85. The molecule has 3 heteroatoms. The molecule has 0 aromatic rings. The Morgan fingerprint density at radius 3 is 2.55 bits per heavy atom. The molecular formula is C8H17NO2. The summed E-state index contributed by atoms with van der Waals surface area (Å²) in [5, 5.41) is 1.27. The van der Waals surface area contributed by atoms with E-state index in [0.717, 1.165) is 6.42 Å². The van der Waals surface area contributed by atoms with Gasteiger partial charge in [0.05, 0.1) is 7.11 Å². The molecule has 0 heterocycles. The van der Waals surface area contributed by atoms with E-state index in [1.54, 1.807) is 7.05 Å². The normalized spacial score (nSPS) is 12.7. The first-order valence-electron chi connectivity index (χ1n) is 3.92. The Hall–Kier alpha value is -0.570. The molecule has 0 N–H and O–H groups in total. The summed E-state index contributed by atoms with van der Waals surface area (Å²) in [4.78, 5) is 15.9. The zero-order valence-corrected chi connectivity index (χ0v) is 7.76. The highest BCUT2D eigenvalue weighted by molar-refractivity contribution is 5.74. The second kappa shape index (κ2) is 5.13. The van der Waals surface area contributed by atoms with Crippen LogP contribution in [0.1, 0.15) is 26.7 Å². The summed E-state index contributed by atoms with van der Waals surface area (Å²) in [5.41, 5.74) is 0. The number of nitrogens with zero attached hydrogens (tertiary/aromatic N) is 1. The minimum absolute atomic E-state index is 0.0434. The number of hydrogen-bond donors (Lipinski definition) is 0. The highest BCUT2D eigenvalue weighted by atomic mass is 16.7. The lowest BCUT2D eigenvalue weighted by Gasteiger charge is -2.15. The predicted molar refractivity (Wildman–Crippen MR) is 43.9 cm³/mol. The van der Waals surface area contributed by atoms with E-state index >= 15 is 0 Å². The number of amides is 1. The fraction of sp³-hybridized carbons (Fsp3) is 0.875. The van der Waals surface area contributed by atoms with Crippen LogP contribution >= 0.6 is 0 Å². The van der Waals surface area contributed by atoms with Gasteiger partial charge in [-0.15, -0.1) is 0 Å². The molecule has 11 heavy (non-hydrogen) atoms. The fourth-order valence-corrected chi connectivity index (χ4v) is 0.673. The van der Waals surface area contributed by atoms with Gasteiger partial charge >= 0.3 is 0 Å². The van der Waals surface area contributed by atoms with Crippen molar-refractivity contribution in [3.05, 3.63) is 0 Å². The van der Waals surface area contributed by atoms with Crippen LogP contribution in [-0.4, -0.2) is 25.1 Å². The van der Waals surface area contributed by atoms with Gasteiger partial charge in [-0.05, 0) is 5.92 Å². The lowest BCUT2D eigenvalue weighted by molar-refractivity contribution is -0.169. The van der Waals surface area contributed by atoms with Crippen LogP contribution in [0, 0.1) is 5.92 Å². The number of hydroxylamine groups is 2. The van der Waals surface area contributed by atoms with Crippen LogP contribution < -0.4 is 0 Å². The minimum Gasteiger partial charge on any atom is -0.275 e. The Labute approximate surface area is 68.3 Å². The first kappa shape index (κ1) is 10.4. The maximum atomic E-state index is 11.1. The second-order valence-corrected chi connectivity index (χ2v) is 2.79. The van der Waals surface area contributed by atoms with Gasteiger partial charge in [-0.25, -0.2) is 5.06 Å². The van der Waals surface area contributed by atoms with Gasteiger partial charge in [0.15, 0.2) is 0 Å². The van der Waals surface area contributed by atoms with E-state index in [-0.39, 0.29) is 5.91 Å². The quantitative estimate of drug-likeness (QED) is 0.581. The molecule has 0 saturated carbocycles. The van der Waals surface area contributed by atoms with Gasteiger partial charge in [0.25, 0.3) is 0 Å². The molecule has 1 amide bonds. The van der Waals surface area contributed by atoms with Crippen LogP contribution in [-0.2, 0) is 9.63 Å². The summed E-state index contributed by atoms with van der Waals surface area (Å²) < 4.78 is 0. The van der Waals surface area contributed by atoms with Crippen molar-refractivity contribution < 1.29 is 9.63 Å². The Balaban J connectivity index is 3.68. The van der Waals surface area contributed by atoms with E-state index < -0.39 is 0 Å². The summed E-state index contributed by atoms with van der Waals surface area (Å²) in [6.45, 7) is 4.13. The minimum atomic E-state index is 0.0434. The molecule has 0 fully saturated rings. The van der Waals surface area contributed by atoms with Gasteiger partial charge in [0.2, 0.25) is 5.91 Å². The smallest absolute Gasteiger partial charge is 0.246 e. The molecule has 0 aliphatic rings. The molecular weight excluding hydrogens is 142 g/mol. The average Bonchev–Trinajstić information content (AvgIpc) is 2.02. The third-order valence-corrected chi connectivity index (χ3v) is 1.85. The van der Waals surface area contributed by atoms with Crippen LogP contribution in [0.5, 0.6) is 0 Å². The van der Waals surface area contributed by atoms with Crippen molar-refractivity contribution in [1.29, 1.82) is 0 Å². The molecule has 0 spiro atoms. The van der Waals surface area contributed by atoms with Crippen LogP contribution in [0.2, 0.25) is 0 Å². The van der Waals surface area contributed by atoms with Gasteiger partial charge in [-0.3, -0.25) is 9.63 Å². The fourth-order valence-electron chi connectivity index (χ4n) is 0.673. The molecule has 0 aromatic carbocycles. The van der Waals surface area contributed by atoms with E-state index in [1.165, 1.54) is 12.2 Å². The van der Waals surface area contributed by atoms with Crippen LogP contribution in [0.4, 0.5) is 0 Å². The molecule has 0 radical (unpaired) electrons. The lowest BCUT2D eigenvalue weighted by Crippen LogP contribution is -2.26. The number of rotatable bonds is 4. The van der Waals surface area contributed by atoms with E-state index in [1.807, 2.05) is 0 Å². The monoisotopic (exact) mass is 159 g/mol. The summed E-state index contributed by atoms with van der Waals surface area (Å²) in [7, 11) is 3.12. The molecule has 3 nitrogen and oxygen atoms in total. The SMILES string of the molecule is CC[C@H](C)CC(=O)N(C)OC. The molecule has 0 aromatic heterocycles. The van der Waals surface area contributed by atoms with E-state index in [0.29, 0.717) is 12.3 Å². The third-order valence-electron chi connectivity index (χ3n) is 1.85. The highest BCUT2D eigenvalue weighted by Crippen LogP contribution is 2.07. The molecule has 0 aliphatic carbocycles. The number of hydrogen-bond acceptors (Lipinski definition) is 2. The number of carbonyl (C=O) groups is 1. The molecule has 0 bridgehead atoms. The topological polar surface area (TPSA) is 29.5 Å². The molecule has 0 rings (SSSR count). The van der Waals surface area contributed by atoms with Gasteiger partial charge in [0, 0.05) is 13.5 Å². The Morgan fingerprint density at radius 2 is 2.18 bits per heavy atom. The standard InChI is InChI=1S/C8H17NO2/c1-5-7(2)6-8(10)9(3)11-4/h7H,5-6H2,1-4H3/t7-/m0/s1. The van der Waals surface area contributed by atoms with E-state index in [4.69, 9.17) is 4.84 Å². The summed E-state index contributed by atoms with van der Waals surface area (Å²) in [6, 6.07) is 0. The van der Waals surface area contributed by atoms with Gasteiger partial charge in [-0.2, -0.15) is 0 Å². The van der Waals surface area contributed by atoms with Crippen molar-refractivity contribution >= 4 is 5.91 Å². The van der Waals surface area contributed by atoms with Crippen LogP contribution in [0.3, 0.4) is 0 Å². The summed E-state index contributed by atoms with van der Waals surface area (Å²) in [5.74, 6) is 0.488. The first-order chi connectivity index (χ1) is 5.11. The molecule has 0 saturated heterocycles. The Kier molecular flexibility index (Phi) is 4.86.